The molecule has 134 valence electrons. The normalized spacial score (nSPS) is 16.7. The summed E-state index contributed by atoms with van der Waals surface area (Å²) >= 11 is 0. The zero-order valence-electron chi connectivity index (χ0n) is 13.6. The summed E-state index contributed by atoms with van der Waals surface area (Å²) in [6.45, 7) is 0.412. The summed E-state index contributed by atoms with van der Waals surface area (Å²) in [5.74, 6) is 0.852. The fourth-order valence-corrected chi connectivity index (χ4v) is 3.25. The van der Waals surface area contributed by atoms with Gasteiger partial charge in [0.25, 0.3) is 6.47 Å². The molecule has 0 saturated carbocycles. The number of carboxylic acid groups (broad SMARTS) is 1. The number of amides is 1. The maximum absolute atomic E-state index is 11.5. The average Bonchev–Trinajstić information content (AvgIpc) is 3.17. The van der Waals surface area contributed by atoms with Gasteiger partial charge in [0, 0.05) is 43.2 Å². The Labute approximate surface area is 145 Å². The second kappa shape index (κ2) is 7.93. The Bertz CT molecular complexity index is 843. The largest absolute Gasteiger partial charge is 0.483 e. The molecule has 25 heavy (non-hydrogen) atoms. The first-order valence-electron chi connectivity index (χ1n) is 7.54. The van der Waals surface area contributed by atoms with Gasteiger partial charge in [-0.3, -0.25) is 9.59 Å². The standard InChI is InChI=1S/C15H17N3O3S.CH2O2/c1-22(20,21)13-5-2-11(3-6-13)15-16-8-9-18(15)10-12-4-7-14(19)17-12;2-1-3/h2-3,5-6,8-9,12H,4,7,10H2,1H3,(H,17,19);1H,(H,2,3). The van der Waals surface area contributed by atoms with E-state index in [0.29, 0.717) is 13.0 Å². The second-order valence-electron chi connectivity index (χ2n) is 5.61. The van der Waals surface area contributed by atoms with Crippen molar-refractivity contribution in [3.63, 3.8) is 0 Å². The van der Waals surface area contributed by atoms with E-state index >= 15 is 0 Å². The van der Waals surface area contributed by atoms with Gasteiger partial charge in [0.05, 0.1) is 4.90 Å². The topological polar surface area (TPSA) is 118 Å². The molecule has 1 saturated heterocycles. The molecule has 2 heterocycles. The fraction of sp³-hybridized carbons (Fsp3) is 0.312. The Morgan fingerprint density at radius 3 is 2.52 bits per heavy atom. The summed E-state index contributed by atoms with van der Waals surface area (Å²) < 4.78 is 25.0. The van der Waals surface area contributed by atoms with E-state index in [-0.39, 0.29) is 23.3 Å². The van der Waals surface area contributed by atoms with Crippen molar-refractivity contribution in [3.05, 3.63) is 36.7 Å². The van der Waals surface area contributed by atoms with Crippen molar-refractivity contribution >= 4 is 22.2 Å². The van der Waals surface area contributed by atoms with Crippen LogP contribution in [0.25, 0.3) is 11.4 Å². The molecule has 0 aliphatic carbocycles. The van der Waals surface area contributed by atoms with Crippen molar-refractivity contribution in [1.82, 2.24) is 14.9 Å². The van der Waals surface area contributed by atoms with Crippen LogP contribution in [0.2, 0.25) is 0 Å². The smallest absolute Gasteiger partial charge is 0.290 e. The van der Waals surface area contributed by atoms with Gasteiger partial charge >= 0.3 is 0 Å². The van der Waals surface area contributed by atoms with Crippen LogP contribution in [0.3, 0.4) is 0 Å². The van der Waals surface area contributed by atoms with Crippen LogP contribution in [0.5, 0.6) is 0 Å². The maximum atomic E-state index is 11.5. The van der Waals surface area contributed by atoms with Gasteiger partial charge in [-0.25, -0.2) is 13.4 Å². The minimum Gasteiger partial charge on any atom is -0.483 e. The molecule has 1 amide bonds. The van der Waals surface area contributed by atoms with Gasteiger partial charge < -0.3 is 15.0 Å². The van der Waals surface area contributed by atoms with Crippen molar-refractivity contribution < 1.29 is 23.1 Å². The summed E-state index contributed by atoms with van der Waals surface area (Å²) in [6.07, 6.45) is 6.15. The number of carbonyl (C=O) groups excluding carboxylic acids is 1. The minimum atomic E-state index is -3.20. The molecular formula is C16H19N3O5S. The van der Waals surface area contributed by atoms with Crippen LogP contribution < -0.4 is 5.32 Å². The minimum absolute atomic E-state index is 0.0872. The fourth-order valence-electron chi connectivity index (χ4n) is 2.62. The molecular weight excluding hydrogens is 346 g/mol. The zero-order valence-corrected chi connectivity index (χ0v) is 14.4. The molecule has 8 nitrogen and oxygen atoms in total. The van der Waals surface area contributed by atoms with Crippen LogP contribution in [-0.2, 0) is 26.0 Å². The van der Waals surface area contributed by atoms with Crippen LogP contribution in [0, 0.1) is 0 Å². The maximum Gasteiger partial charge on any atom is 0.290 e. The molecule has 1 atom stereocenters. The number of aromatic nitrogens is 2. The van der Waals surface area contributed by atoms with Crippen LogP contribution in [-0.4, -0.2) is 47.8 Å². The highest BCUT2D eigenvalue weighted by Crippen LogP contribution is 2.21. The third-order valence-electron chi connectivity index (χ3n) is 3.76. The van der Waals surface area contributed by atoms with E-state index in [2.05, 4.69) is 10.3 Å². The molecule has 1 aromatic heterocycles. The molecule has 0 radical (unpaired) electrons. The molecule has 1 aliphatic heterocycles. The summed E-state index contributed by atoms with van der Waals surface area (Å²) in [5.41, 5.74) is 0.849. The van der Waals surface area contributed by atoms with Gasteiger partial charge in [-0.15, -0.1) is 0 Å². The van der Waals surface area contributed by atoms with E-state index in [1.165, 1.54) is 6.26 Å². The highest BCUT2D eigenvalue weighted by Gasteiger charge is 2.22. The zero-order chi connectivity index (χ0) is 18.4. The number of benzene rings is 1. The van der Waals surface area contributed by atoms with Gasteiger partial charge in [0.1, 0.15) is 5.82 Å². The molecule has 2 aromatic rings. The Hall–Kier alpha value is -2.68. The number of hydrogen-bond acceptors (Lipinski definition) is 5. The van der Waals surface area contributed by atoms with Crippen LogP contribution in [0.4, 0.5) is 0 Å². The number of carbonyl (C=O) groups is 2. The number of sulfone groups is 1. The molecule has 9 heteroatoms. The van der Waals surface area contributed by atoms with Gasteiger partial charge in [0.2, 0.25) is 5.91 Å². The van der Waals surface area contributed by atoms with Gasteiger partial charge in [-0.1, -0.05) is 0 Å². The third kappa shape index (κ3) is 4.90. The predicted molar refractivity (Wildman–Crippen MR) is 90.6 cm³/mol. The molecule has 3 rings (SSSR count). The molecule has 1 unspecified atom stereocenters. The van der Waals surface area contributed by atoms with Crippen molar-refractivity contribution in [2.75, 3.05) is 6.26 Å². The molecule has 1 aromatic carbocycles. The SMILES string of the molecule is CS(=O)(=O)c1ccc(-c2nccn2CC2CCC(=O)N2)cc1.O=CO. The molecule has 1 aliphatic rings. The Balaban J connectivity index is 0.000000701. The van der Waals surface area contributed by atoms with E-state index in [4.69, 9.17) is 9.90 Å². The lowest BCUT2D eigenvalue weighted by molar-refractivity contribution is -0.123. The number of imidazole rings is 1. The number of nitrogens with one attached hydrogen (secondary N) is 1. The molecule has 2 N–H and O–H groups in total. The van der Waals surface area contributed by atoms with Crippen LogP contribution >= 0.6 is 0 Å². The first-order valence-corrected chi connectivity index (χ1v) is 9.43. The first kappa shape index (κ1) is 18.7. The Kier molecular flexibility index (Phi) is 5.92. The quantitative estimate of drug-likeness (QED) is 0.778. The van der Waals surface area contributed by atoms with Crippen molar-refractivity contribution in [1.29, 1.82) is 0 Å². The van der Waals surface area contributed by atoms with E-state index < -0.39 is 9.84 Å². The van der Waals surface area contributed by atoms with E-state index in [0.717, 1.165) is 17.8 Å². The Morgan fingerprint density at radius 2 is 2.00 bits per heavy atom. The second-order valence-corrected chi connectivity index (χ2v) is 7.62. The highest BCUT2D eigenvalue weighted by atomic mass is 32.2. The number of hydrogen-bond donors (Lipinski definition) is 2. The summed E-state index contributed by atoms with van der Waals surface area (Å²) in [6, 6.07) is 6.79. The van der Waals surface area contributed by atoms with E-state index in [1.54, 1.807) is 30.5 Å². The van der Waals surface area contributed by atoms with Gasteiger partial charge in [0.15, 0.2) is 9.84 Å². The van der Waals surface area contributed by atoms with Gasteiger partial charge in [-0.2, -0.15) is 0 Å². The molecule has 0 spiro atoms. The van der Waals surface area contributed by atoms with Crippen molar-refractivity contribution in [2.45, 2.75) is 30.3 Å². The van der Waals surface area contributed by atoms with Gasteiger partial charge in [-0.05, 0) is 30.7 Å². The first-order chi connectivity index (χ1) is 11.8. The van der Waals surface area contributed by atoms with Crippen molar-refractivity contribution in [2.24, 2.45) is 0 Å². The Morgan fingerprint density at radius 1 is 1.36 bits per heavy atom. The van der Waals surface area contributed by atoms with Crippen LogP contribution in [0.1, 0.15) is 12.8 Å². The summed E-state index contributed by atoms with van der Waals surface area (Å²) in [5, 5.41) is 9.82. The summed E-state index contributed by atoms with van der Waals surface area (Å²) in [7, 11) is -3.20. The van der Waals surface area contributed by atoms with E-state index in [9.17, 15) is 13.2 Å². The lowest BCUT2D eigenvalue weighted by atomic mass is 10.2. The van der Waals surface area contributed by atoms with Crippen molar-refractivity contribution in [3.8, 4) is 11.4 Å². The summed E-state index contributed by atoms with van der Waals surface area (Å²) in [4.78, 5) is 24.3. The molecule has 0 bridgehead atoms. The lowest BCUT2D eigenvalue weighted by Crippen LogP contribution is -2.29. The van der Waals surface area contributed by atoms with E-state index in [1.807, 2.05) is 10.8 Å². The monoisotopic (exact) mass is 365 g/mol. The number of nitrogens with zero attached hydrogens (tertiary/aromatic N) is 2. The molecule has 1 fully saturated rings. The highest BCUT2D eigenvalue weighted by molar-refractivity contribution is 7.90. The predicted octanol–water partition coefficient (Wildman–Crippen LogP) is 0.933. The average molecular weight is 365 g/mol. The number of rotatable bonds is 4. The van der Waals surface area contributed by atoms with Crippen LogP contribution in [0.15, 0.2) is 41.6 Å². The lowest BCUT2D eigenvalue weighted by Gasteiger charge is -2.13. The third-order valence-corrected chi connectivity index (χ3v) is 4.89.